The van der Waals surface area contributed by atoms with Crippen LogP contribution in [0.25, 0.3) is 0 Å². The fraction of sp³-hybridized carbons (Fsp3) is 0.571. The second kappa shape index (κ2) is 24.7. The summed E-state index contributed by atoms with van der Waals surface area (Å²) in [6.07, 6.45) is -2.63. The Morgan fingerprint density at radius 2 is 1.00 bits per heavy atom. The van der Waals surface area contributed by atoms with Gasteiger partial charge in [0.05, 0.1) is 34.7 Å². The molecule has 0 bridgehead atoms. The molecule has 2 atom stereocenters. The molecule has 9 N–H and O–H groups in total. The third-order valence-electron chi connectivity index (χ3n) is 2.03. The highest BCUT2D eigenvalue weighted by molar-refractivity contribution is 7.82. The maximum Gasteiger partial charge on any atom is 0.335 e. The summed E-state index contributed by atoms with van der Waals surface area (Å²) in [5.41, 5.74) is 0. The summed E-state index contributed by atoms with van der Waals surface area (Å²) in [5, 5.41) is 65.9. The molecule has 31 heavy (non-hydrogen) atoms. The number of thiocarbonyl (C=S) groups is 2. The van der Waals surface area contributed by atoms with Gasteiger partial charge >= 0.3 is 23.9 Å². The van der Waals surface area contributed by atoms with Crippen LogP contribution in [-0.2, 0) is 19.2 Å². The van der Waals surface area contributed by atoms with E-state index >= 15 is 0 Å². The van der Waals surface area contributed by atoms with E-state index in [0.29, 0.717) is 0 Å². The molecule has 0 saturated carbocycles. The molecule has 1 aliphatic heterocycles. The van der Waals surface area contributed by atoms with Crippen molar-refractivity contribution in [3.05, 3.63) is 0 Å². The SMILES string of the molecule is O=C(O)C(O)C(O)C(=O)O.O=C(O)CS.O=C(O)CS.OCCO.S=C1CCC(=S)N1. The lowest BCUT2D eigenvalue weighted by Gasteiger charge is -2.07. The molecule has 0 aromatic heterocycles. The van der Waals surface area contributed by atoms with E-state index in [9.17, 15) is 19.2 Å². The normalized spacial score (nSPS) is 13.0. The standard InChI is InChI=1S/C4H5NS2.C4H6O6.2C2H4O2S.C2H6O2/c6-3-1-2-4(7)5-3;5-1(3(7)8)2(6)4(9)10;2*3-2(4)1-5;3-1-2-4/h1-2H2,(H,5,6,7);1-2,5-6H,(H,7,8)(H,9,10);2*5H,1H2,(H,3,4);3-4H,1-2H2. The van der Waals surface area contributed by atoms with E-state index < -0.39 is 36.1 Å². The van der Waals surface area contributed by atoms with Gasteiger partial charge in [0.25, 0.3) is 0 Å². The van der Waals surface area contributed by atoms with Gasteiger partial charge in [-0.2, -0.15) is 25.3 Å². The molecule has 1 rings (SSSR count). The second-order valence-electron chi connectivity index (χ2n) is 4.59. The van der Waals surface area contributed by atoms with Gasteiger partial charge in [-0.05, 0) is 0 Å². The molecule has 1 fully saturated rings. The number of nitrogens with one attached hydrogen (secondary N) is 1. The van der Waals surface area contributed by atoms with Gasteiger partial charge in [-0.15, -0.1) is 0 Å². The first-order valence-electron chi connectivity index (χ1n) is 7.73. The number of thiol groups is 2. The Balaban J connectivity index is -0.000000154. The number of aliphatic hydroxyl groups is 4. The summed E-state index contributed by atoms with van der Waals surface area (Å²) >= 11 is 16.4. The van der Waals surface area contributed by atoms with E-state index in [1.807, 2.05) is 0 Å². The average molecular weight is 528 g/mol. The van der Waals surface area contributed by atoms with E-state index in [0.717, 1.165) is 22.8 Å². The summed E-state index contributed by atoms with van der Waals surface area (Å²) in [6, 6.07) is 0. The van der Waals surface area contributed by atoms with Crippen LogP contribution in [0.1, 0.15) is 12.8 Å². The molecule has 0 amide bonds. The first-order valence-corrected chi connectivity index (χ1v) is 9.81. The highest BCUT2D eigenvalue weighted by Gasteiger charge is 2.29. The van der Waals surface area contributed by atoms with E-state index in [4.69, 9.17) is 65.3 Å². The fourth-order valence-electron chi connectivity index (χ4n) is 0.778. The predicted octanol–water partition coefficient (Wildman–Crippen LogP) is -2.13. The molecule has 17 heteroatoms. The predicted molar refractivity (Wildman–Crippen MR) is 122 cm³/mol. The minimum absolute atomic E-state index is 0.0833. The number of aliphatic carboxylic acids is 4. The third-order valence-corrected chi connectivity index (χ3v) is 3.19. The molecule has 0 aliphatic carbocycles. The molecule has 2 unspecified atom stereocenters. The van der Waals surface area contributed by atoms with Crippen LogP contribution in [0.15, 0.2) is 0 Å². The molecular formula is C14H25NO12S4. The first-order chi connectivity index (χ1) is 14.2. The number of rotatable bonds is 6. The van der Waals surface area contributed by atoms with Gasteiger partial charge in [-0.1, -0.05) is 24.4 Å². The molecule has 1 heterocycles. The quantitative estimate of drug-likeness (QED) is 0.131. The Labute approximate surface area is 198 Å². The zero-order chi connectivity index (χ0) is 25.6. The highest BCUT2D eigenvalue weighted by atomic mass is 32.1. The van der Waals surface area contributed by atoms with Crippen molar-refractivity contribution < 1.29 is 60.0 Å². The van der Waals surface area contributed by atoms with E-state index in [1.54, 1.807) is 0 Å². The van der Waals surface area contributed by atoms with Gasteiger partial charge in [-0.25, -0.2) is 9.59 Å². The van der Waals surface area contributed by atoms with Crippen molar-refractivity contribution in [1.29, 1.82) is 0 Å². The Morgan fingerprint density at radius 1 is 0.774 bits per heavy atom. The summed E-state index contributed by atoms with van der Waals surface area (Å²) in [7, 11) is 0. The summed E-state index contributed by atoms with van der Waals surface area (Å²) in [5.74, 6) is -5.47. The lowest BCUT2D eigenvalue weighted by Crippen LogP contribution is -2.39. The zero-order valence-corrected chi connectivity index (χ0v) is 19.2. The molecule has 182 valence electrons. The Morgan fingerprint density at radius 3 is 1.06 bits per heavy atom. The van der Waals surface area contributed by atoms with E-state index in [-0.39, 0.29) is 24.7 Å². The molecule has 0 aromatic carbocycles. The summed E-state index contributed by atoms with van der Waals surface area (Å²) in [6.45, 7) is -0.250. The number of aliphatic hydroxyl groups excluding tert-OH is 4. The average Bonchev–Trinajstić information content (AvgIpc) is 3.10. The Kier molecular flexibility index (Phi) is 29.2. The van der Waals surface area contributed by atoms with Crippen LogP contribution in [0.4, 0.5) is 0 Å². The molecule has 1 saturated heterocycles. The smallest absolute Gasteiger partial charge is 0.335 e. The number of hydrogen-bond acceptors (Lipinski definition) is 12. The molecule has 1 aliphatic rings. The molecule has 0 radical (unpaired) electrons. The minimum atomic E-state index is -2.27. The van der Waals surface area contributed by atoms with Crippen molar-refractivity contribution >= 4 is 83.5 Å². The molecule has 0 aromatic rings. The second-order valence-corrected chi connectivity index (χ2v) is 6.21. The summed E-state index contributed by atoms with van der Waals surface area (Å²) in [4.78, 5) is 39.9. The van der Waals surface area contributed by atoms with Gasteiger partial charge in [0.2, 0.25) is 0 Å². The lowest BCUT2D eigenvalue weighted by molar-refractivity contribution is -0.165. The van der Waals surface area contributed by atoms with Crippen molar-refractivity contribution in [3.8, 4) is 0 Å². The van der Waals surface area contributed by atoms with Crippen LogP contribution in [0.5, 0.6) is 0 Å². The zero-order valence-electron chi connectivity index (χ0n) is 15.8. The largest absolute Gasteiger partial charge is 0.481 e. The van der Waals surface area contributed by atoms with Crippen molar-refractivity contribution in [2.45, 2.75) is 25.0 Å². The van der Waals surface area contributed by atoms with Crippen molar-refractivity contribution in [1.82, 2.24) is 5.32 Å². The lowest BCUT2D eigenvalue weighted by atomic mass is 10.2. The van der Waals surface area contributed by atoms with Crippen LogP contribution in [0, 0.1) is 0 Å². The van der Waals surface area contributed by atoms with Gasteiger partial charge in [0, 0.05) is 12.8 Å². The van der Waals surface area contributed by atoms with Crippen LogP contribution in [-0.4, -0.2) is 112 Å². The summed E-state index contributed by atoms with van der Waals surface area (Å²) < 4.78 is 0. The Bertz CT molecular complexity index is 527. The van der Waals surface area contributed by atoms with E-state index in [2.05, 4.69) is 30.6 Å². The van der Waals surface area contributed by atoms with Gasteiger partial charge in [0.15, 0.2) is 12.2 Å². The monoisotopic (exact) mass is 527 g/mol. The maximum absolute atomic E-state index is 9.77. The van der Waals surface area contributed by atoms with Crippen LogP contribution in [0.3, 0.4) is 0 Å². The number of carbonyl (C=O) groups is 4. The molecular weight excluding hydrogens is 502 g/mol. The van der Waals surface area contributed by atoms with Crippen LogP contribution >= 0.6 is 49.7 Å². The minimum Gasteiger partial charge on any atom is -0.481 e. The van der Waals surface area contributed by atoms with Crippen LogP contribution < -0.4 is 5.32 Å². The van der Waals surface area contributed by atoms with Gasteiger partial charge in [-0.3, -0.25) is 9.59 Å². The number of hydrogen-bond donors (Lipinski definition) is 11. The van der Waals surface area contributed by atoms with Crippen molar-refractivity contribution in [3.63, 3.8) is 0 Å². The first kappa shape index (κ1) is 36.8. The van der Waals surface area contributed by atoms with Gasteiger partial charge < -0.3 is 46.2 Å². The van der Waals surface area contributed by atoms with Crippen LogP contribution in [0.2, 0.25) is 0 Å². The van der Waals surface area contributed by atoms with Gasteiger partial charge in [0.1, 0.15) is 0 Å². The maximum atomic E-state index is 9.77. The molecule has 13 nitrogen and oxygen atoms in total. The van der Waals surface area contributed by atoms with E-state index in [1.165, 1.54) is 0 Å². The fourth-order valence-corrected chi connectivity index (χ4v) is 1.29. The number of carboxylic acid groups (broad SMARTS) is 4. The Hall–Kier alpha value is -1.60. The van der Waals surface area contributed by atoms with Crippen molar-refractivity contribution in [2.75, 3.05) is 24.7 Å². The highest BCUT2D eigenvalue weighted by Crippen LogP contribution is 2.00. The third kappa shape index (κ3) is 33.2. The topological polar surface area (TPSA) is 242 Å². The number of carboxylic acids is 4. The van der Waals surface area contributed by atoms with Crippen molar-refractivity contribution in [2.24, 2.45) is 0 Å². The molecule has 0 spiro atoms.